The minimum Gasteiger partial charge on any atom is -0.384 e. The van der Waals surface area contributed by atoms with Crippen LogP contribution in [0.25, 0.3) is 0 Å². The van der Waals surface area contributed by atoms with Crippen molar-refractivity contribution in [1.82, 2.24) is 9.78 Å². The van der Waals surface area contributed by atoms with Crippen molar-refractivity contribution in [3.8, 4) is 0 Å². The molecule has 1 aromatic rings. The third-order valence-electron chi connectivity index (χ3n) is 2.75. The highest BCUT2D eigenvalue weighted by atomic mass is 35.5. The summed E-state index contributed by atoms with van der Waals surface area (Å²) in [5.74, 6) is 0. The van der Waals surface area contributed by atoms with Crippen LogP contribution in [-0.2, 0) is 9.47 Å². The van der Waals surface area contributed by atoms with Gasteiger partial charge in [0.2, 0.25) is 0 Å². The molecule has 0 aromatic carbocycles. The fourth-order valence-electron chi connectivity index (χ4n) is 1.90. The van der Waals surface area contributed by atoms with Gasteiger partial charge in [0.1, 0.15) is 12.2 Å². The Morgan fingerprint density at radius 2 is 2.29 bits per heavy atom. The summed E-state index contributed by atoms with van der Waals surface area (Å²) < 4.78 is 12.5. The van der Waals surface area contributed by atoms with E-state index in [9.17, 15) is 5.11 Å². The third kappa shape index (κ3) is 2.63. The van der Waals surface area contributed by atoms with Crippen LogP contribution >= 0.6 is 11.6 Å². The molecule has 0 radical (unpaired) electrons. The van der Waals surface area contributed by atoms with Gasteiger partial charge in [0, 0.05) is 6.04 Å². The molecule has 2 unspecified atom stereocenters. The number of nitrogens with zero attached hydrogens (tertiary/aromatic N) is 2. The first kappa shape index (κ1) is 12.8. The van der Waals surface area contributed by atoms with Crippen LogP contribution in [0.15, 0.2) is 6.20 Å². The van der Waals surface area contributed by atoms with Gasteiger partial charge in [-0.25, -0.2) is 0 Å². The normalized spacial score (nSPS) is 23.0. The fourth-order valence-corrected chi connectivity index (χ4v) is 2.15. The van der Waals surface area contributed by atoms with Gasteiger partial charge in [0.05, 0.1) is 36.7 Å². The lowest BCUT2D eigenvalue weighted by Gasteiger charge is -2.28. The lowest BCUT2D eigenvalue weighted by Crippen LogP contribution is -2.35. The van der Waals surface area contributed by atoms with Crippen LogP contribution in [-0.4, -0.2) is 40.8 Å². The monoisotopic (exact) mass is 260 g/mol. The van der Waals surface area contributed by atoms with Gasteiger partial charge in [-0.2, -0.15) is 5.10 Å². The molecule has 2 heterocycles. The van der Waals surface area contributed by atoms with Crippen molar-refractivity contribution in [2.75, 3.05) is 19.8 Å². The van der Waals surface area contributed by atoms with Gasteiger partial charge in [-0.3, -0.25) is 4.68 Å². The van der Waals surface area contributed by atoms with E-state index in [0.29, 0.717) is 30.5 Å². The molecule has 1 fully saturated rings. The van der Waals surface area contributed by atoms with Crippen molar-refractivity contribution < 1.29 is 14.6 Å². The van der Waals surface area contributed by atoms with Crippen LogP contribution in [0.1, 0.15) is 31.7 Å². The molecule has 2 atom stereocenters. The number of halogens is 1. The Labute approximate surface area is 105 Å². The average Bonchev–Trinajstić information content (AvgIpc) is 2.71. The second-order valence-electron chi connectivity index (χ2n) is 4.35. The van der Waals surface area contributed by atoms with Crippen molar-refractivity contribution in [2.45, 2.75) is 32.1 Å². The Balaban J connectivity index is 2.22. The van der Waals surface area contributed by atoms with E-state index >= 15 is 0 Å². The minimum absolute atomic E-state index is 0.136. The highest BCUT2D eigenvalue weighted by molar-refractivity contribution is 6.31. The van der Waals surface area contributed by atoms with Crippen molar-refractivity contribution in [2.24, 2.45) is 0 Å². The van der Waals surface area contributed by atoms with Gasteiger partial charge >= 0.3 is 0 Å². The van der Waals surface area contributed by atoms with E-state index < -0.39 is 6.10 Å². The van der Waals surface area contributed by atoms with Crippen LogP contribution in [0.5, 0.6) is 0 Å². The molecule has 5 nitrogen and oxygen atoms in total. The zero-order chi connectivity index (χ0) is 12.4. The average molecular weight is 261 g/mol. The van der Waals surface area contributed by atoms with Gasteiger partial charge in [0.25, 0.3) is 0 Å². The van der Waals surface area contributed by atoms with Gasteiger partial charge in [0.15, 0.2) is 0 Å². The van der Waals surface area contributed by atoms with E-state index in [1.165, 1.54) is 0 Å². The molecule has 6 heteroatoms. The third-order valence-corrected chi connectivity index (χ3v) is 3.04. The van der Waals surface area contributed by atoms with E-state index in [4.69, 9.17) is 21.1 Å². The molecule has 0 saturated carbocycles. The Morgan fingerprint density at radius 1 is 1.53 bits per heavy atom. The van der Waals surface area contributed by atoms with E-state index in [-0.39, 0.29) is 12.1 Å². The molecule has 0 amide bonds. The number of aromatic nitrogens is 2. The summed E-state index contributed by atoms with van der Waals surface area (Å²) in [4.78, 5) is 0. The summed E-state index contributed by atoms with van der Waals surface area (Å²) in [5, 5.41) is 14.9. The molecule has 1 N–H and O–H groups in total. The second-order valence-corrected chi connectivity index (χ2v) is 4.75. The Bertz CT molecular complexity index is 375. The highest BCUT2D eigenvalue weighted by Gasteiger charge is 2.30. The van der Waals surface area contributed by atoms with Gasteiger partial charge in [-0.1, -0.05) is 11.6 Å². The Morgan fingerprint density at radius 3 is 2.88 bits per heavy atom. The lowest BCUT2D eigenvalue weighted by atomic mass is 10.1. The van der Waals surface area contributed by atoms with Gasteiger partial charge < -0.3 is 14.6 Å². The summed E-state index contributed by atoms with van der Waals surface area (Å²) in [6.45, 7) is 5.41. The zero-order valence-corrected chi connectivity index (χ0v) is 10.7. The van der Waals surface area contributed by atoms with Crippen LogP contribution in [0.4, 0.5) is 0 Å². The van der Waals surface area contributed by atoms with E-state index in [1.807, 2.05) is 13.8 Å². The first-order valence-corrected chi connectivity index (χ1v) is 6.09. The fraction of sp³-hybridized carbons (Fsp3) is 0.727. The number of hydrogen-bond donors (Lipinski definition) is 1. The molecule has 1 aliphatic rings. The maximum atomic E-state index is 10.3. The predicted molar refractivity (Wildman–Crippen MR) is 63.1 cm³/mol. The van der Waals surface area contributed by atoms with E-state index in [0.717, 1.165) is 0 Å². The Kier molecular flexibility index (Phi) is 4.04. The molecule has 0 aliphatic carbocycles. The van der Waals surface area contributed by atoms with E-state index in [2.05, 4.69) is 5.10 Å². The maximum absolute atomic E-state index is 10.3. The number of rotatable bonds is 3. The van der Waals surface area contributed by atoms with Gasteiger partial charge in [-0.15, -0.1) is 0 Å². The summed E-state index contributed by atoms with van der Waals surface area (Å²) in [6, 6.07) is 0.136. The largest absolute Gasteiger partial charge is 0.384 e. The molecule has 0 bridgehead atoms. The highest BCUT2D eigenvalue weighted by Crippen LogP contribution is 2.29. The molecule has 1 aliphatic heterocycles. The summed E-state index contributed by atoms with van der Waals surface area (Å²) in [6.07, 6.45) is 0.354. The topological polar surface area (TPSA) is 56.5 Å². The molecule has 2 rings (SSSR count). The predicted octanol–water partition coefficient (Wildman–Crippen LogP) is 1.57. The molecular weight excluding hydrogens is 244 g/mol. The smallest absolute Gasteiger partial charge is 0.125 e. The first-order valence-electron chi connectivity index (χ1n) is 5.71. The maximum Gasteiger partial charge on any atom is 0.125 e. The molecule has 96 valence electrons. The van der Waals surface area contributed by atoms with Crippen LogP contribution in [0, 0.1) is 0 Å². The molecule has 17 heavy (non-hydrogen) atoms. The number of aliphatic hydroxyl groups excluding tert-OH is 1. The summed E-state index contributed by atoms with van der Waals surface area (Å²) >= 11 is 6.06. The molecular formula is C11H17ClN2O3. The van der Waals surface area contributed by atoms with Crippen molar-refractivity contribution in [3.63, 3.8) is 0 Å². The summed E-state index contributed by atoms with van der Waals surface area (Å²) in [7, 11) is 0. The van der Waals surface area contributed by atoms with E-state index in [1.54, 1.807) is 10.9 Å². The summed E-state index contributed by atoms with van der Waals surface area (Å²) in [5.41, 5.74) is 0.595. The first-order chi connectivity index (χ1) is 8.11. The molecule has 1 aromatic heterocycles. The zero-order valence-electron chi connectivity index (χ0n) is 9.97. The minimum atomic E-state index is -0.812. The van der Waals surface area contributed by atoms with Crippen molar-refractivity contribution in [1.29, 1.82) is 0 Å². The lowest BCUT2D eigenvalue weighted by molar-refractivity contribution is -0.135. The standard InChI is InChI=1S/C11H17ClN2O3/c1-7(2)14-10(8(12)5-13-14)11(15)9-6-16-3-4-17-9/h5,7,9,11,15H,3-4,6H2,1-2H3. The van der Waals surface area contributed by atoms with Gasteiger partial charge in [-0.05, 0) is 13.8 Å². The van der Waals surface area contributed by atoms with Crippen molar-refractivity contribution in [3.05, 3.63) is 16.9 Å². The molecule has 0 spiro atoms. The number of aliphatic hydroxyl groups is 1. The quantitative estimate of drug-likeness (QED) is 0.896. The number of ether oxygens (including phenoxy) is 2. The van der Waals surface area contributed by atoms with Crippen LogP contribution in [0.2, 0.25) is 5.02 Å². The SMILES string of the molecule is CC(C)n1ncc(Cl)c1C(O)C1COCCO1. The molecule has 1 saturated heterocycles. The van der Waals surface area contributed by atoms with Crippen molar-refractivity contribution >= 4 is 11.6 Å². The van der Waals surface area contributed by atoms with Crippen LogP contribution < -0.4 is 0 Å². The number of hydrogen-bond acceptors (Lipinski definition) is 4. The Hall–Kier alpha value is -0.620. The van der Waals surface area contributed by atoms with Crippen LogP contribution in [0.3, 0.4) is 0 Å². The second kappa shape index (κ2) is 5.35.